The maximum absolute atomic E-state index is 13.3. The van der Waals surface area contributed by atoms with E-state index >= 15 is 0 Å². The SMILES string of the molecule is CC(C)C(NC(=O)OC(C)(C)C)C(=O)NC(CNC(=O)Oc1ccccc1)Cc1ccc(O)c(C(C)(C)C)c1. The summed E-state index contributed by atoms with van der Waals surface area (Å²) in [5, 5.41) is 18.7. The standard InChI is InChI=1S/C30H43N3O6/c1-19(2)25(33-28(37)39-30(6,7)8)26(35)32-21(18-31-27(36)38-22-12-10-9-11-13-22)16-20-14-15-24(34)23(17-20)29(3,4)5/h9-15,17,19,21,25,34H,16,18H2,1-8H3,(H,31,36)(H,32,35)(H,33,37). The molecule has 0 heterocycles. The van der Waals surface area contributed by atoms with E-state index < -0.39 is 35.8 Å². The minimum Gasteiger partial charge on any atom is -0.508 e. The molecule has 0 aromatic heterocycles. The van der Waals surface area contributed by atoms with Crippen molar-refractivity contribution in [1.82, 2.24) is 16.0 Å². The van der Waals surface area contributed by atoms with E-state index in [1.54, 1.807) is 57.2 Å². The van der Waals surface area contributed by atoms with Gasteiger partial charge in [0.05, 0.1) is 6.04 Å². The van der Waals surface area contributed by atoms with Crippen LogP contribution in [0.3, 0.4) is 0 Å². The number of phenolic OH excluding ortho intramolecular Hbond substituents is 1. The van der Waals surface area contributed by atoms with E-state index in [1.165, 1.54) is 0 Å². The van der Waals surface area contributed by atoms with Crippen molar-refractivity contribution >= 4 is 18.1 Å². The van der Waals surface area contributed by atoms with Crippen molar-refractivity contribution in [3.8, 4) is 11.5 Å². The Bertz CT molecular complexity index is 1120. The molecule has 0 fully saturated rings. The van der Waals surface area contributed by atoms with E-state index in [-0.39, 0.29) is 23.6 Å². The number of phenols is 1. The van der Waals surface area contributed by atoms with Gasteiger partial charge in [-0.15, -0.1) is 0 Å². The van der Waals surface area contributed by atoms with Crippen LogP contribution in [0.1, 0.15) is 66.5 Å². The Balaban J connectivity index is 2.22. The molecule has 2 aromatic rings. The van der Waals surface area contributed by atoms with Gasteiger partial charge in [-0.05, 0) is 67.9 Å². The molecule has 2 aromatic carbocycles. The number of carbonyl (C=O) groups excluding carboxylic acids is 3. The van der Waals surface area contributed by atoms with Gasteiger partial charge in [-0.1, -0.05) is 65.0 Å². The molecule has 0 spiro atoms. The van der Waals surface area contributed by atoms with Crippen LogP contribution in [0.2, 0.25) is 0 Å². The van der Waals surface area contributed by atoms with Crippen LogP contribution in [0.15, 0.2) is 48.5 Å². The number of benzene rings is 2. The topological polar surface area (TPSA) is 126 Å². The number of para-hydroxylation sites is 1. The minimum absolute atomic E-state index is 0.0698. The second kappa shape index (κ2) is 13.4. The van der Waals surface area contributed by atoms with Crippen molar-refractivity contribution in [2.45, 2.75) is 84.9 Å². The van der Waals surface area contributed by atoms with Crippen molar-refractivity contribution in [3.63, 3.8) is 0 Å². The summed E-state index contributed by atoms with van der Waals surface area (Å²) >= 11 is 0. The highest BCUT2D eigenvalue weighted by Crippen LogP contribution is 2.31. The van der Waals surface area contributed by atoms with E-state index in [2.05, 4.69) is 16.0 Å². The fraction of sp³-hybridized carbons (Fsp3) is 0.500. The monoisotopic (exact) mass is 541 g/mol. The van der Waals surface area contributed by atoms with Gasteiger partial charge in [-0.3, -0.25) is 4.79 Å². The molecule has 0 aliphatic carbocycles. The number of carbonyl (C=O) groups is 3. The summed E-state index contributed by atoms with van der Waals surface area (Å²) in [5.74, 6) is -0.0487. The lowest BCUT2D eigenvalue weighted by molar-refractivity contribution is -0.124. The lowest BCUT2D eigenvalue weighted by Gasteiger charge is -2.28. The third kappa shape index (κ3) is 10.9. The van der Waals surface area contributed by atoms with Crippen LogP contribution in [0.5, 0.6) is 11.5 Å². The molecule has 0 aliphatic heterocycles. The molecule has 9 nitrogen and oxygen atoms in total. The molecule has 2 unspecified atom stereocenters. The van der Waals surface area contributed by atoms with Gasteiger partial charge < -0.3 is 30.5 Å². The van der Waals surface area contributed by atoms with E-state index in [9.17, 15) is 19.5 Å². The Hall–Kier alpha value is -3.75. The molecule has 0 saturated carbocycles. The summed E-state index contributed by atoms with van der Waals surface area (Å²) < 4.78 is 10.6. The van der Waals surface area contributed by atoms with E-state index in [1.807, 2.05) is 46.8 Å². The second-order valence-electron chi connectivity index (χ2n) is 12.0. The van der Waals surface area contributed by atoms with Gasteiger partial charge in [0, 0.05) is 6.54 Å². The third-order valence-corrected chi connectivity index (χ3v) is 5.77. The van der Waals surface area contributed by atoms with Crippen molar-refractivity contribution in [2.75, 3.05) is 6.54 Å². The highest BCUT2D eigenvalue weighted by atomic mass is 16.6. The van der Waals surface area contributed by atoms with Crippen molar-refractivity contribution in [1.29, 1.82) is 0 Å². The minimum atomic E-state index is -0.858. The fourth-order valence-corrected chi connectivity index (χ4v) is 3.87. The van der Waals surface area contributed by atoms with Gasteiger partial charge in [0.1, 0.15) is 23.1 Å². The number of alkyl carbamates (subject to hydrolysis) is 1. The molecule has 4 N–H and O–H groups in total. The zero-order chi connectivity index (χ0) is 29.4. The van der Waals surface area contributed by atoms with Gasteiger partial charge in [0.25, 0.3) is 0 Å². The van der Waals surface area contributed by atoms with Crippen LogP contribution in [0, 0.1) is 5.92 Å². The number of ether oxygens (including phenoxy) is 2. The van der Waals surface area contributed by atoms with E-state index in [4.69, 9.17) is 9.47 Å². The molecule has 0 saturated heterocycles. The van der Waals surface area contributed by atoms with Gasteiger partial charge in [0.15, 0.2) is 0 Å². The molecular formula is C30H43N3O6. The molecule has 39 heavy (non-hydrogen) atoms. The number of rotatable bonds is 9. The first-order chi connectivity index (χ1) is 18.0. The van der Waals surface area contributed by atoms with Gasteiger partial charge in [-0.2, -0.15) is 0 Å². The second-order valence-corrected chi connectivity index (χ2v) is 12.0. The van der Waals surface area contributed by atoms with E-state index in [0.29, 0.717) is 12.2 Å². The summed E-state index contributed by atoms with van der Waals surface area (Å²) in [6.07, 6.45) is -0.988. The Labute approximate surface area is 231 Å². The lowest BCUT2D eigenvalue weighted by atomic mass is 9.84. The van der Waals surface area contributed by atoms with E-state index in [0.717, 1.165) is 11.1 Å². The lowest BCUT2D eigenvalue weighted by Crippen LogP contribution is -2.55. The molecular weight excluding hydrogens is 498 g/mol. The van der Waals surface area contributed by atoms with Crippen LogP contribution in [0.4, 0.5) is 9.59 Å². The molecule has 0 bridgehead atoms. The van der Waals surface area contributed by atoms with Crippen LogP contribution >= 0.6 is 0 Å². The summed E-state index contributed by atoms with van der Waals surface area (Å²) in [6.45, 7) is 15.0. The molecule has 2 atom stereocenters. The predicted molar refractivity (Wildman–Crippen MR) is 151 cm³/mol. The number of amides is 3. The molecule has 0 aliphatic rings. The summed E-state index contributed by atoms with van der Waals surface area (Å²) in [5.41, 5.74) is 0.629. The van der Waals surface area contributed by atoms with Crippen LogP contribution in [-0.4, -0.2) is 47.4 Å². The summed E-state index contributed by atoms with van der Waals surface area (Å²) in [7, 11) is 0. The molecule has 214 valence electrons. The Morgan fingerprint density at radius 2 is 1.54 bits per heavy atom. The highest BCUT2D eigenvalue weighted by Gasteiger charge is 2.29. The first kappa shape index (κ1) is 31.5. The van der Waals surface area contributed by atoms with Gasteiger partial charge in [0.2, 0.25) is 5.91 Å². The third-order valence-electron chi connectivity index (χ3n) is 5.77. The van der Waals surface area contributed by atoms with Crippen LogP contribution < -0.4 is 20.7 Å². The quantitative estimate of drug-likeness (QED) is 0.352. The maximum atomic E-state index is 13.3. The predicted octanol–water partition coefficient (Wildman–Crippen LogP) is 5.05. The Morgan fingerprint density at radius 3 is 2.10 bits per heavy atom. The number of nitrogens with one attached hydrogen (secondary N) is 3. The average Bonchev–Trinajstić information content (AvgIpc) is 2.80. The Morgan fingerprint density at radius 1 is 0.897 bits per heavy atom. The zero-order valence-electron chi connectivity index (χ0n) is 24.3. The first-order valence-corrected chi connectivity index (χ1v) is 13.2. The normalized spacial score (nSPS) is 13.3. The maximum Gasteiger partial charge on any atom is 0.412 e. The largest absolute Gasteiger partial charge is 0.508 e. The highest BCUT2D eigenvalue weighted by molar-refractivity contribution is 5.86. The first-order valence-electron chi connectivity index (χ1n) is 13.2. The van der Waals surface area contributed by atoms with Crippen molar-refractivity contribution in [3.05, 3.63) is 59.7 Å². The van der Waals surface area contributed by atoms with Crippen molar-refractivity contribution in [2.24, 2.45) is 5.92 Å². The zero-order valence-corrected chi connectivity index (χ0v) is 24.3. The Kier molecular flexibility index (Phi) is 10.8. The van der Waals surface area contributed by atoms with Crippen molar-refractivity contribution < 1.29 is 29.0 Å². The van der Waals surface area contributed by atoms with Gasteiger partial charge in [-0.25, -0.2) is 9.59 Å². The number of hydrogen-bond donors (Lipinski definition) is 4. The molecule has 2 rings (SSSR count). The summed E-state index contributed by atoms with van der Waals surface area (Å²) in [6, 6.07) is 12.6. The van der Waals surface area contributed by atoms with Crippen LogP contribution in [-0.2, 0) is 21.4 Å². The number of aromatic hydroxyl groups is 1. The molecule has 0 radical (unpaired) electrons. The molecule has 3 amide bonds. The summed E-state index contributed by atoms with van der Waals surface area (Å²) in [4.78, 5) is 38.2. The molecule has 9 heteroatoms. The van der Waals surface area contributed by atoms with Gasteiger partial charge >= 0.3 is 12.2 Å². The fourth-order valence-electron chi connectivity index (χ4n) is 3.87. The number of hydrogen-bond acceptors (Lipinski definition) is 6. The smallest absolute Gasteiger partial charge is 0.412 e. The van der Waals surface area contributed by atoms with Crippen LogP contribution in [0.25, 0.3) is 0 Å². The average molecular weight is 542 g/mol.